The summed E-state index contributed by atoms with van der Waals surface area (Å²) < 4.78 is 6.24. The van der Waals surface area contributed by atoms with E-state index in [1.807, 2.05) is 0 Å². The largest absolute Gasteiger partial charge is 0.369 e. The van der Waals surface area contributed by atoms with Gasteiger partial charge in [0.1, 0.15) is 0 Å². The Morgan fingerprint density at radius 2 is 2.00 bits per heavy atom. The Labute approximate surface area is 110 Å². The van der Waals surface area contributed by atoms with Crippen molar-refractivity contribution in [2.45, 2.75) is 57.8 Å². The fourth-order valence-electron chi connectivity index (χ4n) is 3.77. The van der Waals surface area contributed by atoms with E-state index in [4.69, 9.17) is 4.74 Å². The van der Waals surface area contributed by atoms with Crippen molar-refractivity contribution in [3.05, 3.63) is 0 Å². The van der Waals surface area contributed by atoms with Crippen molar-refractivity contribution in [3.8, 4) is 0 Å². The van der Waals surface area contributed by atoms with Crippen molar-refractivity contribution in [2.75, 3.05) is 18.6 Å². The summed E-state index contributed by atoms with van der Waals surface area (Å²) in [6.07, 6.45) is 2.54. The molecule has 2 heterocycles. The summed E-state index contributed by atoms with van der Waals surface area (Å²) in [7, 11) is 2.12. The molecule has 0 aromatic heterocycles. The van der Waals surface area contributed by atoms with Crippen LogP contribution in [0.1, 0.15) is 40.5 Å². The molecular formula is C14H27NOS. The van der Waals surface area contributed by atoms with Crippen LogP contribution in [0.3, 0.4) is 0 Å². The minimum Gasteiger partial charge on any atom is -0.369 e. The van der Waals surface area contributed by atoms with Gasteiger partial charge in [0.25, 0.3) is 0 Å². The van der Waals surface area contributed by atoms with Crippen molar-refractivity contribution < 1.29 is 4.74 Å². The van der Waals surface area contributed by atoms with Gasteiger partial charge in [0.05, 0.1) is 11.2 Å². The van der Waals surface area contributed by atoms with Gasteiger partial charge in [-0.1, -0.05) is 0 Å². The monoisotopic (exact) mass is 257 g/mol. The highest BCUT2D eigenvalue weighted by Gasteiger charge is 2.50. The number of nitrogens with one attached hydrogen (secondary N) is 1. The second kappa shape index (κ2) is 4.75. The van der Waals surface area contributed by atoms with E-state index in [1.165, 1.54) is 24.3 Å². The Morgan fingerprint density at radius 1 is 1.29 bits per heavy atom. The van der Waals surface area contributed by atoms with E-state index >= 15 is 0 Å². The molecule has 2 nitrogen and oxygen atoms in total. The van der Waals surface area contributed by atoms with E-state index in [0.29, 0.717) is 12.0 Å². The molecule has 0 aromatic rings. The van der Waals surface area contributed by atoms with Gasteiger partial charge < -0.3 is 10.1 Å². The molecule has 2 rings (SSSR count). The van der Waals surface area contributed by atoms with E-state index < -0.39 is 0 Å². The van der Waals surface area contributed by atoms with E-state index in [-0.39, 0.29) is 11.2 Å². The van der Waals surface area contributed by atoms with Crippen LogP contribution in [0.25, 0.3) is 0 Å². The van der Waals surface area contributed by atoms with Gasteiger partial charge in [-0.3, -0.25) is 0 Å². The molecule has 1 N–H and O–H groups in total. The predicted octanol–water partition coefficient (Wildman–Crippen LogP) is 2.92. The lowest BCUT2D eigenvalue weighted by molar-refractivity contribution is -0.0790. The molecule has 0 saturated carbocycles. The Balaban J connectivity index is 2.13. The predicted molar refractivity (Wildman–Crippen MR) is 75.6 cm³/mol. The Hall–Kier alpha value is 0.270. The van der Waals surface area contributed by atoms with Crippen LogP contribution in [0.4, 0.5) is 0 Å². The number of rotatable bonds is 3. The van der Waals surface area contributed by atoms with Crippen LogP contribution in [0.2, 0.25) is 0 Å². The van der Waals surface area contributed by atoms with Gasteiger partial charge >= 0.3 is 0 Å². The SMILES string of the molecule is CNC(C1CCSC1)C1CC(C)(C)OC1(C)C. The third kappa shape index (κ3) is 2.82. The van der Waals surface area contributed by atoms with Crippen LogP contribution < -0.4 is 5.32 Å². The second-order valence-corrected chi connectivity index (χ2v) is 7.86. The number of ether oxygens (including phenoxy) is 1. The van der Waals surface area contributed by atoms with Crippen LogP contribution in [-0.2, 0) is 4.74 Å². The first-order chi connectivity index (χ1) is 7.86. The highest BCUT2D eigenvalue weighted by atomic mass is 32.2. The van der Waals surface area contributed by atoms with Crippen LogP contribution in [0.5, 0.6) is 0 Å². The molecule has 2 saturated heterocycles. The summed E-state index contributed by atoms with van der Waals surface area (Å²) in [5.74, 6) is 4.11. The number of hydrogen-bond donors (Lipinski definition) is 1. The summed E-state index contributed by atoms with van der Waals surface area (Å²) >= 11 is 2.10. The molecule has 0 aromatic carbocycles. The van der Waals surface area contributed by atoms with E-state index in [1.54, 1.807) is 0 Å². The van der Waals surface area contributed by atoms with Crippen LogP contribution >= 0.6 is 11.8 Å². The van der Waals surface area contributed by atoms with E-state index in [0.717, 1.165) is 5.92 Å². The summed E-state index contributed by atoms with van der Waals surface area (Å²) in [5, 5.41) is 3.59. The van der Waals surface area contributed by atoms with Crippen molar-refractivity contribution in [2.24, 2.45) is 11.8 Å². The first-order valence-electron chi connectivity index (χ1n) is 6.81. The zero-order valence-corrected chi connectivity index (χ0v) is 12.7. The van der Waals surface area contributed by atoms with Gasteiger partial charge in [0.15, 0.2) is 0 Å². The smallest absolute Gasteiger partial charge is 0.0677 e. The summed E-state index contributed by atoms with van der Waals surface area (Å²) in [6, 6.07) is 0.613. The van der Waals surface area contributed by atoms with Gasteiger partial charge in [-0.05, 0) is 65.0 Å². The molecular weight excluding hydrogens is 230 g/mol. The maximum atomic E-state index is 6.24. The second-order valence-electron chi connectivity index (χ2n) is 6.71. The lowest BCUT2D eigenvalue weighted by Gasteiger charge is -2.36. The van der Waals surface area contributed by atoms with Crippen molar-refractivity contribution >= 4 is 11.8 Å². The van der Waals surface area contributed by atoms with Crippen molar-refractivity contribution in [1.82, 2.24) is 5.32 Å². The maximum Gasteiger partial charge on any atom is 0.0677 e. The first kappa shape index (κ1) is 13.7. The Kier molecular flexibility index (Phi) is 3.82. The molecule has 100 valence electrons. The molecule has 0 bridgehead atoms. The molecule has 3 atom stereocenters. The van der Waals surface area contributed by atoms with Gasteiger partial charge in [-0.25, -0.2) is 0 Å². The standard InChI is InChI=1S/C14H27NOS/c1-13(2)8-11(14(3,4)16-13)12(15-5)10-6-7-17-9-10/h10-12,15H,6-9H2,1-5H3. The molecule has 2 fully saturated rings. The molecule has 2 aliphatic rings. The zero-order chi connectivity index (χ0) is 12.7. The highest BCUT2D eigenvalue weighted by Crippen LogP contribution is 2.46. The average Bonchev–Trinajstić information content (AvgIpc) is 2.74. The van der Waals surface area contributed by atoms with E-state index in [2.05, 4.69) is 51.8 Å². The fourth-order valence-corrected chi connectivity index (χ4v) is 5.08. The van der Waals surface area contributed by atoms with Crippen molar-refractivity contribution in [1.29, 1.82) is 0 Å². The average molecular weight is 257 g/mol. The topological polar surface area (TPSA) is 21.3 Å². The summed E-state index contributed by atoms with van der Waals surface area (Å²) in [6.45, 7) is 8.98. The lowest BCUT2D eigenvalue weighted by Crippen LogP contribution is -2.47. The molecule has 0 spiro atoms. The molecule has 3 heteroatoms. The minimum atomic E-state index is 0.00440. The third-order valence-electron chi connectivity index (χ3n) is 4.38. The number of thioether (sulfide) groups is 1. The minimum absolute atomic E-state index is 0.00440. The normalized spacial score (nSPS) is 37.2. The molecule has 0 radical (unpaired) electrons. The van der Waals surface area contributed by atoms with Crippen molar-refractivity contribution in [3.63, 3.8) is 0 Å². The van der Waals surface area contributed by atoms with E-state index in [9.17, 15) is 0 Å². The quantitative estimate of drug-likeness (QED) is 0.840. The summed E-state index contributed by atoms with van der Waals surface area (Å²) in [4.78, 5) is 0. The molecule has 0 aliphatic carbocycles. The molecule has 3 unspecified atom stereocenters. The lowest BCUT2D eigenvalue weighted by atomic mass is 9.76. The Morgan fingerprint density at radius 3 is 2.41 bits per heavy atom. The fraction of sp³-hybridized carbons (Fsp3) is 1.00. The highest BCUT2D eigenvalue weighted by molar-refractivity contribution is 7.99. The first-order valence-corrected chi connectivity index (χ1v) is 7.96. The van der Waals surface area contributed by atoms with Gasteiger partial charge in [0, 0.05) is 12.0 Å². The van der Waals surface area contributed by atoms with Gasteiger partial charge in [-0.2, -0.15) is 11.8 Å². The molecule has 2 aliphatic heterocycles. The van der Waals surface area contributed by atoms with Gasteiger partial charge in [-0.15, -0.1) is 0 Å². The van der Waals surface area contributed by atoms with Crippen LogP contribution in [-0.4, -0.2) is 35.8 Å². The molecule has 0 amide bonds. The molecule has 17 heavy (non-hydrogen) atoms. The van der Waals surface area contributed by atoms with Gasteiger partial charge in [0.2, 0.25) is 0 Å². The van der Waals surface area contributed by atoms with Crippen LogP contribution in [0.15, 0.2) is 0 Å². The zero-order valence-electron chi connectivity index (χ0n) is 11.9. The number of hydrogen-bond acceptors (Lipinski definition) is 3. The van der Waals surface area contributed by atoms with Crippen LogP contribution in [0, 0.1) is 11.8 Å². The summed E-state index contributed by atoms with van der Waals surface area (Å²) in [5.41, 5.74) is 0.0411. The third-order valence-corrected chi connectivity index (χ3v) is 5.57. The Bertz CT molecular complexity index is 271. The maximum absolute atomic E-state index is 6.24.